The van der Waals surface area contributed by atoms with E-state index in [0.717, 1.165) is 0 Å². The van der Waals surface area contributed by atoms with Crippen LogP contribution in [0.4, 0.5) is 0 Å². The van der Waals surface area contributed by atoms with Crippen molar-refractivity contribution in [2.45, 2.75) is 84.3 Å². The van der Waals surface area contributed by atoms with E-state index in [1.54, 1.807) is 10.9 Å². The van der Waals surface area contributed by atoms with E-state index in [1.165, 1.54) is 32.1 Å². The lowest BCUT2D eigenvalue weighted by molar-refractivity contribution is 0.527. The highest BCUT2D eigenvalue weighted by atomic mass is 32.2. The van der Waals surface area contributed by atoms with Gasteiger partial charge in [-0.05, 0) is 21.4 Å². The Kier molecular flexibility index (Phi) is 5.63. The molecule has 2 heterocycles. The summed E-state index contributed by atoms with van der Waals surface area (Å²) >= 11 is 4.19. The van der Waals surface area contributed by atoms with Crippen LogP contribution in [0.25, 0.3) is 0 Å². The van der Waals surface area contributed by atoms with Gasteiger partial charge in [-0.3, -0.25) is 0 Å². The van der Waals surface area contributed by atoms with Gasteiger partial charge < -0.3 is 0 Å². The molecule has 1 aliphatic rings. The van der Waals surface area contributed by atoms with Gasteiger partial charge in [-0.25, -0.2) is 11.5 Å². The van der Waals surface area contributed by atoms with Gasteiger partial charge in [-0.15, -0.1) is 0 Å². The second kappa shape index (κ2) is 6.74. The fourth-order valence-corrected chi connectivity index (χ4v) is 7.16. The van der Waals surface area contributed by atoms with Crippen molar-refractivity contribution >= 4 is 45.7 Å². The average molecular weight is 320 g/mol. The molecule has 0 aliphatic carbocycles. The molecule has 1 aliphatic heterocycles. The Morgan fingerprint density at radius 2 is 1.48 bits per heavy atom. The van der Waals surface area contributed by atoms with Gasteiger partial charge in [0.25, 0.3) is 0 Å². The van der Waals surface area contributed by atoms with Gasteiger partial charge in [-0.1, -0.05) is 84.6 Å². The van der Waals surface area contributed by atoms with E-state index in [4.69, 9.17) is 0 Å². The summed E-state index contributed by atoms with van der Waals surface area (Å²) in [5.74, 6) is 1.39. The summed E-state index contributed by atoms with van der Waals surface area (Å²) < 4.78 is 0. The maximum atomic E-state index is 2.52. The number of hydrogen-bond acceptors (Lipinski definition) is 2. The van der Waals surface area contributed by atoms with Crippen LogP contribution in [0.3, 0.4) is 0 Å². The summed E-state index contributed by atoms with van der Waals surface area (Å²) in [4.78, 5) is 0. The Balaban J connectivity index is 2.34. The molecule has 1 aromatic rings. The van der Waals surface area contributed by atoms with E-state index < -0.39 is 0 Å². The monoisotopic (exact) mass is 320 g/mol. The molecule has 4 heteroatoms. The molecule has 0 nitrogen and oxygen atoms in total. The zero-order valence-corrected chi connectivity index (χ0v) is 16.3. The van der Waals surface area contributed by atoms with Gasteiger partial charge >= 0.3 is 0 Å². The number of thiophene rings is 1. The highest BCUT2D eigenvalue weighted by Crippen LogP contribution is 2.50. The molecule has 0 aromatic carbocycles. The van der Waals surface area contributed by atoms with Crippen LogP contribution in [0.5, 0.6) is 0 Å². The van der Waals surface area contributed by atoms with E-state index in [-0.39, 0.29) is 0 Å². The third-order valence-corrected chi connectivity index (χ3v) is 8.47. The van der Waals surface area contributed by atoms with Crippen molar-refractivity contribution in [2.75, 3.05) is 0 Å². The second-order valence-corrected chi connectivity index (χ2v) is 9.63. The predicted molar refractivity (Wildman–Crippen MR) is 105 cm³/mol. The van der Waals surface area contributed by atoms with Gasteiger partial charge in [0.2, 0.25) is 12.0 Å². The Hall–Kier alpha value is 0.180. The van der Waals surface area contributed by atoms with Crippen LogP contribution >= 0.6 is 22.8 Å². The highest BCUT2D eigenvalue weighted by Gasteiger charge is 2.50. The van der Waals surface area contributed by atoms with Crippen molar-refractivity contribution in [1.29, 1.82) is 0 Å². The van der Waals surface area contributed by atoms with Crippen molar-refractivity contribution in [2.24, 2.45) is 0 Å². The van der Waals surface area contributed by atoms with Gasteiger partial charge in [-0.2, -0.15) is 11.3 Å². The Bertz CT molecular complexity index is 469. The maximum absolute atomic E-state index is 2.52. The fraction of sp³-hybridized carbons (Fsp3) is 0.765. The third-order valence-electron chi connectivity index (χ3n) is 5.43. The minimum Gasteiger partial charge on any atom is -0.242 e. The minimum absolute atomic E-state index is 0.408. The molecule has 116 valence electrons. The summed E-state index contributed by atoms with van der Waals surface area (Å²) in [5.41, 5.74) is 3.32. The van der Waals surface area contributed by atoms with Crippen LogP contribution in [0.15, 0.2) is 10.8 Å². The Labute approximate surface area is 140 Å². The normalized spacial score (nSPS) is 18.0. The van der Waals surface area contributed by atoms with E-state index in [0.29, 0.717) is 22.6 Å². The number of fused-ring (bicyclic) bond motifs is 1. The molecular formula is C17H30B2S2. The van der Waals surface area contributed by atoms with Crippen LogP contribution in [-0.4, -0.2) is 12.0 Å². The van der Waals surface area contributed by atoms with Crippen molar-refractivity contribution in [3.8, 4) is 0 Å². The smallest absolute Gasteiger partial charge is 0.236 e. The number of hydrogen-bond donors (Lipinski definition) is 0. The molecule has 0 amide bonds. The standard InChI is InChI=1S/C17H30B2S2/c1-7-10-16(4,5)18-14-12-20-13-15(14)19(21-18)17(6,9-3)11-8-2/h12-13H,7-11H2,1-6H3. The third kappa shape index (κ3) is 3.27. The molecule has 0 bridgehead atoms. The van der Waals surface area contributed by atoms with Crippen molar-refractivity contribution in [1.82, 2.24) is 0 Å². The first kappa shape index (κ1) is 17.5. The largest absolute Gasteiger partial charge is 0.242 e. The molecule has 0 radical (unpaired) electrons. The molecule has 2 rings (SSSR count). The molecule has 1 unspecified atom stereocenters. The SMILES string of the molecule is CCCC(C)(C)B1SB(C(C)(CC)CCC)c2cscc21. The van der Waals surface area contributed by atoms with Crippen molar-refractivity contribution in [3.05, 3.63) is 10.8 Å². The zero-order chi connectivity index (χ0) is 15.7. The molecule has 0 spiro atoms. The summed E-state index contributed by atoms with van der Waals surface area (Å²) in [6.07, 6.45) is 6.54. The first-order valence-corrected chi connectivity index (χ1v) is 10.5. The van der Waals surface area contributed by atoms with E-state index in [2.05, 4.69) is 63.8 Å². The number of rotatable bonds is 7. The summed E-state index contributed by atoms with van der Waals surface area (Å²) in [6.45, 7) is 14.5. The lowest BCUT2D eigenvalue weighted by Crippen LogP contribution is -2.41. The van der Waals surface area contributed by atoms with E-state index in [9.17, 15) is 0 Å². The first-order chi connectivity index (χ1) is 9.89. The molecule has 0 saturated carbocycles. The quantitative estimate of drug-likeness (QED) is 0.603. The van der Waals surface area contributed by atoms with Crippen LogP contribution in [0.1, 0.15) is 73.6 Å². The van der Waals surface area contributed by atoms with Crippen LogP contribution in [0, 0.1) is 0 Å². The van der Waals surface area contributed by atoms with Crippen LogP contribution < -0.4 is 10.9 Å². The average Bonchev–Trinajstić information content (AvgIpc) is 2.99. The molecule has 21 heavy (non-hydrogen) atoms. The minimum atomic E-state index is 0.408. The summed E-state index contributed by atoms with van der Waals surface area (Å²) in [5, 5.41) is 5.74. The maximum Gasteiger partial charge on any atom is 0.236 e. The molecule has 0 saturated heterocycles. The molecule has 1 aromatic heterocycles. The van der Waals surface area contributed by atoms with E-state index >= 15 is 0 Å². The lowest BCUT2D eigenvalue weighted by atomic mass is 9.41. The second-order valence-electron chi connectivity index (χ2n) is 7.67. The van der Waals surface area contributed by atoms with E-state index in [1.807, 2.05) is 11.3 Å². The Morgan fingerprint density at radius 1 is 0.905 bits per heavy atom. The topological polar surface area (TPSA) is 0 Å². The summed E-state index contributed by atoms with van der Waals surface area (Å²) in [7, 11) is 0. The molecule has 0 N–H and O–H groups in total. The molecular weight excluding hydrogens is 290 g/mol. The lowest BCUT2D eigenvalue weighted by Gasteiger charge is -2.34. The fourth-order valence-electron chi connectivity index (χ4n) is 4.01. The van der Waals surface area contributed by atoms with Crippen molar-refractivity contribution in [3.63, 3.8) is 0 Å². The Morgan fingerprint density at radius 3 is 2.00 bits per heavy atom. The summed E-state index contributed by atoms with van der Waals surface area (Å²) in [6, 6.07) is 0. The first-order valence-electron chi connectivity index (χ1n) is 8.61. The van der Waals surface area contributed by atoms with Gasteiger partial charge in [0.1, 0.15) is 0 Å². The zero-order valence-electron chi connectivity index (χ0n) is 14.7. The van der Waals surface area contributed by atoms with Gasteiger partial charge in [0.05, 0.1) is 0 Å². The van der Waals surface area contributed by atoms with Gasteiger partial charge in [0, 0.05) is 0 Å². The molecule has 1 atom stereocenters. The van der Waals surface area contributed by atoms with Crippen LogP contribution in [0.2, 0.25) is 10.6 Å². The highest BCUT2D eigenvalue weighted by molar-refractivity contribution is 8.48. The molecule has 0 fully saturated rings. The van der Waals surface area contributed by atoms with Crippen LogP contribution in [-0.2, 0) is 0 Å². The predicted octanol–water partition coefficient (Wildman–Crippen LogP) is 5.44. The van der Waals surface area contributed by atoms with Gasteiger partial charge in [0.15, 0.2) is 0 Å². The van der Waals surface area contributed by atoms with Crippen molar-refractivity contribution < 1.29 is 0 Å².